The molecule has 1 fully saturated rings. The van der Waals surface area contributed by atoms with Gasteiger partial charge in [-0.15, -0.1) is 0 Å². The molecule has 1 saturated heterocycles. The van der Waals surface area contributed by atoms with Crippen molar-refractivity contribution in [2.24, 2.45) is 0 Å². The lowest BCUT2D eigenvalue weighted by Gasteiger charge is -2.35. The molecule has 8 nitrogen and oxygen atoms in total. The summed E-state index contributed by atoms with van der Waals surface area (Å²) in [6.07, 6.45) is 0. The Bertz CT molecular complexity index is 724. The van der Waals surface area contributed by atoms with Crippen LogP contribution in [0, 0.1) is 0 Å². The first-order valence-electron chi connectivity index (χ1n) is 9.38. The molecular weight excluding hydrogens is 348 g/mol. The van der Waals surface area contributed by atoms with Gasteiger partial charge in [0.15, 0.2) is 6.61 Å². The van der Waals surface area contributed by atoms with E-state index in [1.807, 2.05) is 18.7 Å². The average Bonchev–Trinajstić information content (AvgIpc) is 2.68. The second kappa shape index (κ2) is 8.39. The van der Waals surface area contributed by atoms with Crippen LogP contribution in [0.1, 0.15) is 24.2 Å². The number of nitrogens with one attached hydrogen (secondary N) is 1. The Morgan fingerprint density at radius 2 is 1.85 bits per heavy atom. The van der Waals surface area contributed by atoms with Gasteiger partial charge in [-0.25, -0.2) is 0 Å². The molecule has 0 aliphatic carbocycles. The van der Waals surface area contributed by atoms with Gasteiger partial charge in [-0.05, 0) is 32.0 Å². The number of nitrogens with zero attached hydrogens (tertiary/aromatic N) is 3. The predicted molar refractivity (Wildman–Crippen MR) is 101 cm³/mol. The van der Waals surface area contributed by atoms with Gasteiger partial charge >= 0.3 is 0 Å². The van der Waals surface area contributed by atoms with Crippen LogP contribution in [0.3, 0.4) is 0 Å². The fraction of sp³-hybridized carbons (Fsp3) is 0.526. The third kappa shape index (κ3) is 4.39. The summed E-state index contributed by atoms with van der Waals surface area (Å²) < 4.78 is 5.33. The lowest BCUT2D eigenvalue weighted by Crippen LogP contribution is -2.51. The van der Waals surface area contributed by atoms with Crippen LogP contribution in [0.4, 0.5) is 5.69 Å². The molecule has 1 aromatic carbocycles. The lowest BCUT2D eigenvalue weighted by molar-refractivity contribution is -0.132. The van der Waals surface area contributed by atoms with Crippen LogP contribution in [0.2, 0.25) is 0 Å². The lowest BCUT2D eigenvalue weighted by atomic mass is 10.1. The van der Waals surface area contributed by atoms with Gasteiger partial charge in [0.2, 0.25) is 5.91 Å². The normalized spacial score (nSPS) is 17.0. The Hall–Kier alpha value is -2.61. The number of ether oxygens (including phenoxy) is 1. The highest BCUT2D eigenvalue weighted by Crippen LogP contribution is 2.29. The zero-order valence-electron chi connectivity index (χ0n) is 15.9. The van der Waals surface area contributed by atoms with E-state index in [9.17, 15) is 14.4 Å². The van der Waals surface area contributed by atoms with Crippen molar-refractivity contribution in [2.45, 2.75) is 13.8 Å². The Balaban J connectivity index is 1.57. The quantitative estimate of drug-likeness (QED) is 0.818. The number of rotatable bonds is 5. The number of benzene rings is 1. The van der Waals surface area contributed by atoms with Crippen molar-refractivity contribution in [1.82, 2.24) is 14.7 Å². The summed E-state index contributed by atoms with van der Waals surface area (Å²) in [5.74, 6) is 0.405. The molecule has 146 valence electrons. The predicted octanol–water partition coefficient (Wildman–Crippen LogP) is 0.644. The Morgan fingerprint density at radius 1 is 1.15 bits per heavy atom. The molecule has 3 amide bonds. The largest absolute Gasteiger partial charge is 0.482 e. The van der Waals surface area contributed by atoms with Gasteiger partial charge in [0.05, 0.1) is 12.2 Å². The molecule has 2 heterocycles. The molecule has 27 heavy (non-hydrogen) atoms. The molecule has 0 bridgehead atoms. The molecule has 0 radical (unpaired) electrons. The van der Waals surface area contributed by atoms with Gasteiger partial charge in [0, 0.05) is 44.8 Å². The summed E-state index contributed by atoms with van der Waals surface area (Å²) in [6.45, 7) is 8.26. The summed E-state index contributed by atoms with van der Waals surface area (Å²) in [4.78, 5) is 42.2. The number of amides is 3. The molecule has 0 atom stereocenters. The number of likely N-dealkylation sites (N-methyl/N-ethyl adjacent to an activating group) is 1. The van der Waals surface area contributed by atoms with Crippen molar-refractivity contribution in [3.63, 3.8) is 0 Å². The van der Waals surface area contributed by atoms with Gasteiger partial charge in [-0.1, -0.05) is 0 Å². The molecule has 0 unspecified atom stereocenters. The third-order valence-corrected chi connectivity index (χ3v) is 4.99. The van der Waals surface area contributed by atoms with Crippen molar-refractivity contribution in [2.75, 3.05) is 57.7 Å². The van der Waals surface area contributed by atoms with Crippen molar-refractivity contribution >= 4 is 23.4 Å². The molecule has 1 N–H and O–H groups in total. The van der Waals surface area contributed by atoms with E-state index < -0.39 is 0 Å². The van der Waals surface area contributed by atoms with E-state index in [0.29, 0.717) is 62.8 Å². The van der Waals surface area contributed by atoms with E-state index in [1.165, 1.54) is 0 Å². The zero-order valence-corrected chi connectivity index (χ0v) is 15.9. The number of carbonyl (C=O) groups excluding carboxylic acids is 3. The number of anilines is 1. The Morgan fingerprint density at radius 3 is 2.52 bits per heavy atom. The third-order valence-electron chi connectivity index (χ3n) is 4.99. The van der Waals surface area contributed by atoms with Crippen LogP contribution in [0.25, 0.3) is 0 Å². The number of fused-ring (bicyclic) bond motifs is 1. The number of hydrogen-bond donors (Lipinski definition) is 1. The van der Waals surface area contributed by atoms with E-state index in [4.69, 9.17) is 4.74 Å². The maximum Gasteiger partial charge on any atom is 0.262 e. The van der Waals surface area contributed by atoms with E-state index in [1.54, 1.807) is 23.1 Å². The van der Waals surface area contributed by atoms with Crippen LogP contribution in [-0.2, 0) is 9.59 Å². The highest BCUT2D eigenvalue weighted by atomic mass is 16.5. The highest BCUT2D eigenvalue weighted by molar-refractivity contribution is 5.99. The molecular formula is C19H26N4O4. The SMILES string of the molecule is CCN(CC)C(=O)CN1CCN(C(=O)c2ccc3c(c2)NC(=O)CO3)CC1. The van der Waals surface area contributed by atoms with Crippen LogP contribution >= 0.6 is 0 Å². The van der Waals surface area contributed by atoms with Gasteiger partial charge in [0.25, 0.3) is 11.8 Å². The van der Waals surface area contributed by atoms with E-state index >= 15 is 0 Å². The van der Waals surface area contributed by atoms with Crippen LogP contribution < -0.4 is 10.1 Å². The maximum absolute atomic E-state index is 12.8. The number of hydrogen-bond acceptors (Lipinski definition) is 5. The van der Waals surface area contributed by atoms with Crippen molar-refractivity contribution in [3.8, 4) is 5.75 Å². The molecule has 8 heteroatoms. The van der Waals surface area contributed by atoms with Crippen LogP contribution in [-0.4, -0.2) is 84.8 Å². The summed E-state index contributed by atoms with van der Waals surface area (Å²) >= 11 is 0. The van der Waals surface area contributed by atoms with E-state index in [-0.39, 0.29) is 24.3 Å². The van der Waals surface area contributed by atoms with Crippen molar-refractivity contribution in [3.05, 3.63) is 23.8 Å². The average molecular weight is 374 g/mol. The zero-order chi connectivity index (χ0) is 19.4. The second-order valence-corrected chi connectivity index (χ2v) is 6.68. The summed E-state index contributed by atoms with van der Waals surface area (Å²) in [7, 11) is 0. The van der Waals surface area contributed by atoms with Crippen molar-refractivity contribution < 1.29 is 19.1 Å². The minimum absolute atomic E-state index is 0.00549. The van der Waals surface area contributed by atoms with Gasteiger partial charge in [-0.3, -0.25) is 19.3 Å². The van der Waals surface area contributed by atoms with Crippen LogP contribution in [0.5, 0.6) is 5.75 Å². The van der Waals surface area contributed by atoms with E-state index in [0.717, 1.165) is 0 Å². The summed E-state index contributed by atoms with van der Waals surface area (Å²) in [5, 5.41) is 2.72. The molecule has 0 saturated carbocycles. The number of carbonyl (C=O) groups is 3. The first-order chi connectivity index (χ1) is 13.0. The van der Waals surface area contributed by atoms with Crippen molar-refractivity contribution in [1.29, 1.82) is 0 Å². The minimum Gasteiger partial charge on any atom is -0.482 e. The Kier molecular flexibility index (Phi) is 5.95. The first kappa shape index (κ1) is 19.2. The van der Waals surface area contributed by atoms with E-state index in [2.05, 4.69) is 10.2 Å². The summed E-state index contributed by atoms with van der Waals surface area (Å²) in [5.41, 5.74) is 1.05. The minimum atomic E-state index is -0.224. The number of piperazine rings is 1. The Labute approximate surface area is 159 Å². The first-order valence-corrected chi connectivity index (χ1v) is 9.38. The highest BCUT2D eigenvalue weighted by Gasteiger charge is 2.25. The maximum atomic E-state index is 12.8. The molecule has 1 aromatic rings. The molecule has 2 aliphatic heterocycles. The monoisotopic (exact) mass is 374 g/mol. The molecule has 2 aliphatic rings. The fourth-order valence-electron chi connectivity index (χ4n) is 3.38. The standard InChI is InChI=1S/C19H26N4O4/c1-3-22(4-2)18(25)12-21-7-9-23(10-8-21)19(26)14-5-6-16-15(11-14)20-17(24)13-27-16/h5-6,11H,3-4,7-10,12-13H2,1-2H3,(H,20,24). The fourth-order valence-corrected chi connectivity index (χ4v) is 3.38. The molecule has 0 spiro atoms. The van der Waals surface area contributed by atoms with Gasteiger partial charge in [-0.2, -0.15) is 0 Å². The molecule has 3 rings (SSSR count). The van der Waals surface area contributed by atoms with Gasteiger partial charge in [0.1, 0.15) is 5.75 Å². The summed E-state index contributed by atoms with van der Waals surface area (Å²) in [6, 6.07) is 5.08. The second-order valence-electron chi connectivity index (χ2n) is 6.68. The van der Waals surface area contributed by atoms with Crippen LogP contribution in [0.15, 0.2) is 18.2 Å². The topological polar surface area (TPSA) is 82.2 Å². The van der Waals surface area contributed by atoms with Gasteiger partial charge < -0.3 is 19.9 Å². The molecule has 0 aromatic heterocycles. The smallest absolute Gasteiger partial charge is 0.262 e.